The Morgan fingerprint density at radius 1 is 1.67 bits per heavy atom. The molecule has 0 fully saturated rings. The van der Waals surface area contributed by atoms with E-state index in [0.29, 0.717) is 0 Å². The Balaban J connectivity index is 3.35. The maximum absolute atomic E-state index is 12.6. The van der Waals surface area contributed by atoms with Crippen LogP contribution in [0.25, 0.3) is 0 Å². The van der Waals surface area contributed by atoms with E-state index in [-0.39, 0.29) is 20.5 Å². The minimum atomic E-state index is -2.75. The molecule has 0 aromatic carbocycles. The van der Waals surface area contributed by atoms with Crippen LogP contribution in [0, 0.1) is 3.57 Å². The number of nitrogens with zero attached hydrogens (tertiary/aromatic N) is 1. The lowest BCUT2D eigenvalue weighted by Crippen LogP contribution is -2.11. The number of nitrogens with two attached hydrogens (primary N) is 1. The molecule has 0 bridgehead atoms. The highest BCUT2D eigenvalue weighted by molar-refractivity contribution is 14.1. The second-order valence-electron chi connectivity index (χ2n) is 2.58. The topological polar surface area (TPSA) is 65.2 Å². The van der Waals surface area contributed by atoms with Crippen LogP contribution >= 0.6 is 22.6 Å². The van der Waals surface area contributed by atoms with Crippen molar-refractivity contribution in [2.24, 2.45) is 0 Å². The van der Waals surface area contributed by atoms with E-state index < -0.39 is 12.4 Å². The minimum Gasteiger partial charge on any atom is -0.464 e. The molecule has 0 amide bonds. The Morgan fingerprint density at radius 2 is 2.27 bits per heavy atom. The molecule has 1 aromatic rings. The van der Waals surface area contributed by atoms with E-state index in [2.05, 4.69) is 9.72 Å². The molecule has 0 aliphatic carbocycles. The van der Waals surface area contributed by atoms with Gasteiger partial charge in [-0.25, -0.2) is 18.6 Å². The summed E-state index contributed by atoms with van der Waals surface area (Å²) >= 11 is 1.60. The molecule has 2 N–H and O–H groups in total. The third-order valence-corrected chi connectivity index (χ3v) is 2.78. The van der Waals surface area contributed by atoms with Crippen molar-refractivity contribution >= 4 is 34.2 Å². The molecule has 7 heteroatoms. The fraction of sp³-hybridized carbons (Fsp3) is 0.250. The van der Waals surface area contributed by atoms with Crippen molar-refractivity contribution in [1.29, 1.82) is 0 Å². The Hall–Kier alpha value is -0.990. The van der Waals surface area contributed by atoms with Crippen LogP contribution in [0.4, 0.5) is 14.5 Å². The van der Waals surface area contributed by atoms with Gasteiger partial charge in [0, 0.05) is 0 Å². The number of esters is 1. The number of ether oxygens (including phenoxy) is 1. The van der Waals surface area contributed by atoms with Crippen LogP contribution in [0.1, 0.15) is 22.5 Å². The summed E-state index contributed by atoms with van der Waals surface area (Å²) in [5, 5.41) is 0. The van der Waals surface area contributed by atoms with Gasteiger partial charge in [-0.3, -0.25) is 0 Å². The Bertz CT molecular complexity index is 398. The monoisotopic (exact) mass is 328 g/mol. The van der Waals surface area contributed by atoms with Crippen molar-refractivity contribution in [1.82, 2.24) is 4.98 Å². The van der Waals surface area contributed by atoms with Crippen LogP contribution in [0.2, 0.25) is 0 Å². The molecular formula is C8H7F2IN2O2. The molecule has 0 atom stereocenters. The molecule has 0 radical (unpaired) electrons. The number of pyridine rings is 1. The van der Waals surface area contributed by atoms with Gasteiger partial charge < -0.3 is 10.5 Å². The number of rotatable bonds is 2. The molecule has 1 rings (SSSR count). The summed E-state index contributed by atoms with van der Waals surface area (Å²) in [6, 6.07) is 0. The number of alkyl halides is 2. The molecule has 0 aliphatic rings. The first kappa shape index (κ1) is 12.1. The van der Waals surface area contributed by atoms with Gasteiger partial charge in [-0.2, -0.15) is 0 Å². The molecule has 0 unspecified atom stereocenters. The lowest BCUT2D eigenvalue weighted by atomic mass is 10.2. The van der Waals surface area contributed by atoms with Gasteiger partial charge in [-0.15, -0.1) is 0 Å². The molecule has 82 valence electrons. The van der Waals surface area contributed by atoms with Gasteiger partial charge in [0.25, 0.3) is 6.43 Å². The number of hydrogen-bond acceptors (Lipinski definition) is 4. The predicted octanol–water partition coefficient (Wildman–Crippen LogP) is 1.99. The highest BCUT2D eigenvalue weighted by Crippen LogP contribution is 2.30. The van der Waals surface area contributed by atoms with E-state index >= 15 is 0 Å². The number of anilines is 1. The van der Waals surface area contributed by atoms with Crippen LogP contribution in [0.5, 0.6) is 0 Å². The van der Waals surface area contributed by atoms with E-state index in [1.165, 1.54) is 0 Å². The van der Waals surface area contributed by atoms with Crippen molar-refractivity contribution in [2.75, 3.05) is 12.8 Å². The van der Waals surface area contributed by atoms with Gasteiger partial charge in [0.05, 0.1) is 28.1 Å². The zero-order valence-corrected chi connectivity index (χ0v) is 9.79. The zero-order chi connectivity index (χ0) is 11.6. The molecule has 1 aromatic heterocycles. The highest BCUT2D eigenvalue weighted by atomic mass is 127. The maximum Gasteiger partial charge on any atom is 0.357 e. The predicted molar refractivity (Wildman–Crippen MR) is 57.7 cm³/mol. The number of methoxy groups -OCH3 is 1. The van der Waals surface area contributed by atoms with Gasteiger partial charge in [-0.05, 0) is 22.6 Å². The number of nitrogen functional groups attached to an aromatic ring is 1. The summed E-state index contributed by atoms with van der Waals surface area (Å²) in [5.41, 5.74) is 4.66. The third-order valence-electron chi connectivity index (χ3n) is 1.69. The molecule has 15 heavy (non-hydrogen) atoms. The average molecular weight is 328 g/mol. The van der Waals surface area contributed by atoms with E-state index in [1.54, 1.807) is 22.6 Å². The summed E-state index contributed by atoms with van der Waals surface area (Å²) in [6.45, 7) is 0. The SMILES string of the molecule is COC(=O)c1ncc(N)c(C(F)F)c1I. The van der Waals surface area contributed by atoms with Crippen LogP contribution in [0.15, 0.2) is 6.20 Å². The first-order valence-electron chi connectivity index (χ1n) is 3.79. The number of halogens is 3. The van der Waals surface area contributed by atoms with Crippen LogP contribution in [-0.2, 0) is 4.74 Å². The Kier molecular flexibility index (Phi) is 3.77. The standard InChI is InChI=1S/C8H7F2IN2O2/c1-15-8(14)6-5(11)4(7(9)10)3(12)2-13-6/h2,7H,12H2,1H3. The van der Waals surface area contributed by atoms with E-state index in [9.17, 15) is 13.6 Å². The van der Waals surface area contributed by atoms with E-state index in [0.717, 1.165) is 13.3 Å². The summed E-state index contributed by atoms with van der Waals surface area (Å²) < 4.78 is 29.6. The minimum absolute atomic E-state index is 0.0226. The third kappa shape index (κ3) is 2.33. The van der Waals surface area contributed by atoms with Crippen LogP contribution in [0.3, 0.4) is 0 Å². The number of aromatic nitrogens is 1. The quantitative estimate of drug-likeness (QED) is 0.666. The molecule has 0 saturated heterocycles. The summed E-state index contributed by atoms with van der Waals surface area (Å²) in [7, 11) is 1.15. The summed E-state index contributed by atoms with van der Waals surface area (Å²) in [4.78, 5) is 14.8. The van der Waals surface area contributed by atoms with Gasteiger partial charge in [-0.1, -0.05) is 0 Å². The van der Waals surface area contributed by atoms with Crippen LogP contribution < -0.4 is 5.73 Å². The van der Waals surface area contributed by atoms with Gasteiger partial charge in [0.2, 0.25) is 0 Å². The zero-order valence-electron chi connectivity index (χ0n) is 7.63. The summed E-state index contributed by atoms with van der Waals surface area (Å²) in [5.74, 6) is -0.763. The van der Waals surface area contributed by atoms with Gasteiger partial charge >= 0.3 is 5.97 Å². The summed E-state index contributed by atoms with van der Waals surface area (Å²) in [6.07, 6.45) is -1.72. The fourth-order valence-electron chi connectivity index (χ4n) is 0.975. The van der Waals surface area contributed by atoms with Crippen molar-refractivity contribution in [3.63, 3.8) is 0 Å². The second kappa shape index (κ2) is 4.69. The molecule has 1 heterocycles. The second-order valence-corrected chi connectivity index (χ2v) is 3.66. The number of hydrogen-bond donors (Lipinski definition) is 1. The Morgan fingerprint density at radius 3 is 2.73 bits per heavy atom. The lowest BCUT2D eigenvalue weighted by Gasteiger charge is -2.09. The Labute approximate surface area is 98.0 Å². The van der Waals surface area contributed by atoms with Crippen LogP contribution in [-0.4, -0.2) is 18.1 Å². The van der Waals surface area contributed by atoms with Crippen molar-refractivity contribution in [3.05, 3.63) is 21.0 Å². The van der Waals surface area contributed by atoms with E-state index in [4.69, 9.17) is 5.73 Å². The van der Waals surface area contributed by atoms with Crippen molar-refractivity contribution < 1.29 is 18.3 Å². The molecule has 0 saturated carbocycles. The fourth-order valence-corrected chi connectivity index (χ4v) is 1.88. The first-order chi connectivity index (χ1) is 6.99. The largest absolute Gasteiger partial charge is 0.464 e. The molecule has 0 spiro atoms. The number of carbonyl (C=O) groups excluding carboxylic acids is 1. The molecule has 4 nitrogen and oxygen atoms in total. The lowest BCUT2D eigenvalue weighted by molar-refractivity contribution is 0.0592. The maximum atomic E-state index is 12.6. The molecule has 0 aliphatic heterocycles. The van der Waals surface area contributed by atoms with Crippen molar-refractivity contribution in [3.8, 4) is 0 Å². The van der Waals surface area contributed by atoms with E-state index in [1.807, 2.05) is 0 Å². The van der Waals surface area contributed by atoms with Crippen molar-refractivity contribution in [2.45, 2.75) is 6.43 Å². The smallest absolute Gasteiger partial charge is 0.357 e. The van der Waals surface area contributed by atoms with Gasteiger partial charge in [0.1, 0.15) is 0 Å². The normalized spacial score (nSPS) is 10.5. The highest BCUT2D eigenvalue weighted by Gasteiger charge is 2.22. The average Bonchev–Trinajstić information content (AvgIpc) is 2.16. The van der Waals surface area contributed by atoms with Gasteiger partial charge in [0.15, 0.2) is 5.69 Å². The molecular weight excluding hydrogens is 321 g/mol. The first-order valence-corrected chi connectivity index (χ1v) is 4.87. The number of carbonyl (C=O) groups is 1.